The molecule has 0 radical (unpaired) electrons. The normalized spacial score (nSPS) is 23.7. The van der Waals surface area contributed by atoms with Gasteiger partial charge >= 0.3 is 0 Å². The Bertz CT molecular complexity index is 871. The smallest absolute Gasteiger partial charge is 0.217 e. The lowest BCUT2D eigenvalue weighted by Crippen LogP contribution is -2.12. The van der Waals surface area contributed by atoms with E-state index in [0.29, 0.717) is 24.2 Å². The number of pyridine rings is 1. The number of aromatic nitrogens is 3. The molecule has 0 spiro atoms. The molecule has 0 saturated heterocycles. The Morgan fingerprint density at radius 1 is 1.12 bits per heavy atom. The van der Waals surface area contributed by atoms with Gasteiger partial charge in [-0.2, -0.15) is 10.2 Å². The number of nitrogens with zero attached hydrogens (tertiary/aromatic N) is 4. The summed E-state index contributed by atoms with van der Waals surface area (Å²) >= 11 is 0. The minimum absolute atomic E-state index is 0.00593. The average Bonchev–Trinajstić information content (AvgIpc) is 2.66. The molecule has 1 aliphatic carbocycles. The van der Waals surface area contributed by atoms with Crippen LogP contribution in [0.3, 0.4) is 0 Å². The summed E-state index contributed by atoms with van der Waals surface area (Å²) in [5, 5.41) is 30.4. The molecule has 2 aromatic rings. The summed E-state index contributed by atoms with van der Waals surface area (Å²) in [5.74, 6) is 0.413. The molecule has 0 aromatic carbocycles. The van der Waals surface area contributed by atoms with E-state index in [2.05, 4.69) is 16.0 Å². The Labute approximate surface area is 152 Å². The number of aromatic hydroxyl groups is 1. The fourth-order valence-electron chi connectivity index (χ4n) is 3.40. The van der Waals surface area contributed by atoms with Crippen molar-refractivity contribution in [3.63, 3.8) is 0 Å². The molecule has 2 N–H and O–H groups in total. The monoisotopic (exact) mass is 350 g/mol. The van der Waals surface area contributed by atoms with Crippen molar-refractivity contribution in [3.8, 4) is 23.3 Å². The van der Waals surface area contributed by atoms with E-state index in [1.165, 1.54) is 0 Å². The second-order valence-corrected chi connectivity index (χ2v) is 6.84. The Kier molecular flexibility index (Phi) is 5.17. The lowest BCUT2D eigenvalue weighted by molar-refractivity contribution is 0.319. The molecule has 0 saturated carbocycles. The number of allylic oxidation sites excluding steroid dienone is 2. The maximum Gasteiger partial charge on any atom is 0.217 e. The number of aliphatic hydroxyl groups excluding tert-OH is 1. The van der Waals surface area contributed by atoms with Gasteiger partial charge < -0.3 is 10.2 Å². The van der Waals surface area contributed by atoms with Gasteiger partial charge in [0.2, 0.25) is 5.88 Å². The highest BCUT2D eigenvalue weighted by Gasteiger charge is 2.24. The molecule has 26 heavy (non-hydrogen) atoms. The molecule has 2 heterocycles. The average molecular weight is 350 g/mol. The lowest BCUT2D eigenvalue weighted by Gasteiger charge is -2.21. The van der Waals surface area contributed by atoms with Crippen LogP contribution in [-0.2, 0) is 6.42 Å². The molecule has 0 fully saturated rings. The van der Waals surface area contributed by atoms with Gasteiger partial charge in [-0.15, -0.1) is 0 Å². The predicted octanol–water partition coefficient (Wildman–Crippen LogP) is 4.05. The zero-order valence-corrected chi connectivity index (χ0v) is 15.0. The van der Waals surface area contributed by atoms with Crippen LogP contribution in [0.4, 0.5) is 0 Å². The minimum atomic E-state index is -0.124. The van der Waals surface area contributed by atoms with Gasteiger partial charge in [-0.3, -0.25) is 4.98 Å². The van der Waals surface area contributed by atoms with Crippen molar-refractivity contribution in [2.45, 2.75) is 45.4 Å². The van der Waals surface area contributed by atoms with Gasteiger partial charge in [0.25, 0.3) is 0 Å². The zero-order valence-electron chi connectivity index (χ0n) is 15.0. The molecular formula is C20H22N4O2. The van der Waals surface area contributed by atoms with E-state index < -0.39 is 0 Å². The van der Waals surface area contributed by atoms with E-state index in [1.54, 1.807) is 24.5 Å². The van der Waals surface area contributed by atoms with Crippen LogP contribution in [0.5, 0.6) is 5.88 Å². The Balaban J connectivity index is 2.09. The molecule has 3 rings (SSSR count). The van der Waals surface area contributed by atoms with E-state index in [4.69, 9.17) is 4.98 Å². The molecule has 0 bridgehead atoms. The third-order valence-electron chi connectivity index (χ3n) is 4.91. The Hall–Kier alpha value is -2.94. The van der Waals surface area contributed by atoms with Crippen molar-refractivity contribution < 1.29 is 10.2 Å². The van der Waals surface area contributed by atoms with Crippen LogP contribution in [0.2, 0.25) is 0 Å². The highest BCUT2D eigenvalue weighted by molar-refractivity contribution is 5.56. The fourth-order valence-corrected chi connectivity index (χ4v) is 3.40. The Morgan fingerprint density at radius 3 is 2.54 bits per heavy atom. The van der Waals surface area contributed by atoms with Crippen LogP contribution in [0.1, 0.15) is 50.3 Å². The topological polar surface area (TPSA) is 103 Å². The summed E-state index contributed by atoms with van der Waals surface area (Å²) in [6.07, 6.45) is 5.83. The maximum atomic E-state index is 10.5. The summed E-state index contributed by atoms with van der Waals surface area (Å²) in [4.78, 5) is 13.0. The summed E-state index contributed by atoms with van der Waals surface area (Å²) in [5.41, 5.74) is 2.64. The second kappa shape index (κ2) is 7.52. The second-order valence-electron chi connectivity index (χ2n) is 6.84. The van der Waals surface area contributed by atoms with Crippen LogP contribution in [-0.4, -0.2) is 25.2 Å². The van der Waals surface area contributed by atoms with Crippen LogP contribution in [0.15, 0.2) is 35.9 Å². The zero-order chi connectivity index (χ0) is 18.7. The third-order valence-corrected chi connectivity index (χ3v) is 4.91. The number of aliphatic hydroxyl groups is 1. The molecule has 0 aliphatic heterocycles. The van der Waals surface area contributed by atoms with Crippen molar-refractivity contribution in [2.75, 3.05) is 0 Å². The van der Waals surface area contributed by atoms with Crippen LogP contribution >= 0.6 is 0 Å². The molecule has 6 heteroatoms. The molecule has 6 nitrogen and oxygen atoms in total. The highest BCUT2D eigenvalue weighted by atomic mass is 16.3. The number of nitriles is 1. The first kappa shape index (κ1) is 17.9. The molecule has 1 aliphatic rings. The predicted molar refractivity (Wildman–Crippen MR) is 97.3 cm³/mol. The van der Waals surface area contributed by atoms with Crippen molar-refractivity contribution >= 4 is 0 Å². The van der Waals surface area contributed by atoms with Gasteiger partial charge in [0, 0.05) is 35.4 Å². The quantitative estimate of drug-likeness (QED) is 0.804. The Morgan fingerprint density at radius 2 is 1.85 bits per heavy atom. The fraction of sp³-hybridized carbons (Fsp3) is 0.400. The van der Waals surface area contributed by atoms with E-state index in [1.807, 2.05) is 13.8 Å². The summed E-state index contributed by atoms with van der Waals surface area (Å²) in [6.45, 7) is 3.88. The number of hydrogen-bond donors (Lipinski definition) is 2. The number of hydrogen-bond acceptors (Lipinski definition) is 6. The summed E-state index contributed by atoms with van der Waals surface area (Å²) in [6, 6.07) is 5.72. The van der Waals surface area contributed by atoms with Gasteiger partial charge in [0.15, 0.2) is 5.82 Å². The van der Waals surface area contributed by atoms with Gasteiger partial charge in [-0.25, -0.2) is 4.98 Å². The first-order valence-corrected chi connectivity index (χ1v) is 8.83. The molecule has 0 amide bonds. The first-order valence-electron chi connectivity index (χ1n) is 8.83. The SMILES string of the molecule is C[C@@H]1CCCc2c(O)nc(-c3ccncc3)nc2[C@H](C)C/C(C#N)=C\1O. The van der Waals surface area contributed by atoms with E-state index in [9.17, 15) is 15.5 Å². The van der Waals surface area contributed by atoms with Crippen molar-refractivity contribution in [2.24, 2.45) is 5.92 Å². The molecule has 2 atom stereocenters. The molecule has 134 valence electrons. The standard InChI is InChI=1S/C20H22N4O2/c1-12-4-3-5-16-17(13(2)10-15(11-21)18(12)25)23-19(24-20(16)26)14-6-8-22-9-7-14/h6-9,12-13,25H,3-5,10H2,1-2H3,(H,23,24,26)/b18-15-/t12-,13-/m1/s1. The van der Waals surface area contributed by atoms with Gasteiger partial charge in [-0.1, -0.05) is 13.8 Å². The number of rotatable bonds is 1. The maximum absolute atomic E-state index is 10.5. The van der Waals surface area contributed by atoms with Crippen molar-refractivity contribution in [1.82, 2.24) is 15.0 Å². The van der Waals surface area contributed by atoms with Crippen molar-refractivity contribution in [3.05, 3.63) is 47.1 Å². The molecule has 0 unspecified atom stereocenters. The van der Waals surface area contributed by atoms with Gasteiger partial charge in [0.1, 0.15) is 5.76 Å². The van der Waals surface area contributed by atoms with E-state index >= 15 is 0 Å². The van der Waals surface area contributed by atoms with Crippen molar-refractivity contribution in [1.29, 1.82) is 5.26 Å². The largest absolute Gasteiger partial charge is 0.511 e. The van der Waals surface area contributed by atoms with E-state index in [0.717, 1.165) is 29.7 Å². The minimum Gasteiger partial charge on any atom is -0.511 e. The highest BCUT2D eigenvalue weighted by Crippen LogP contribution is 2.35. The van der Waals surface area contributed by atoms with Crippen LogP contribution in [0, 0.1) is 17.2 Å². The van der Waals surface area contributed by atoms with Gasteiger partial charge in [-0.05, 0) is 37.8 Å². The van der Waals surface area contributed by atoms with Crippen LogP contribution in [0.25, 0.3) is 11.4 Å². The first-order chi connectivity index (χ1) is 12.5. The summed E-state index contributed by atoms with van der Waals surface area (Å²) < 4.78 is 0. The molecule has 2 aromatic heterocycles. The summed E-state index contributed by atoms with van der Waals surface area (Å²) in [7, 11) is 0. The van der Waals surface area contributed by atoms with Crippen LogP contribution < -0.4 is 0 Å². The lowest BCUT2D eigenvalue weighted by atomic mass is 9.87. The number of fused-ring (bicyclic) bond motifs is 1. The van der Waals surface area contributed by atoms with E-state index in [-0.39, 0.29) is 23.5 Å². The molecular weight excluding hydrogens is 328 g/mol. The van der Waals surface area contributed by atoms with Gasteiger partial charge in [0.05, 0.1) is 17.3 Å². The third kappa shape index (κ3) is 3.52.